The summed E-state index contributed by atoms with van der Waals surface area (Å²) in [5.41, 5.74) is 0.700. The monoisotopic (exact) mass is 221 g/mol. The molecule has 0 aromatic heterocycles. The minimum absolute atomic E-state index is 0.0968. The van der Waals surface area contributed by atoms with Gasteiger partial charge in [-0.3, -0.25) is 0 Å². The smallest absolute Gasteiger partial charge is 0.208 e. The zero-order valence-electron chi connectivity index (χ0n) is 10.0. The van der Waals surface area contributed by atoms with Crippen LogP contribution in [0, 0.1) is 0 Å². The maximum Gasteiger partial charge on any atom is 0.208 e. The van der Waals surface area contributed by atoms with Crippen molar-refractivity contribution in [1.29, 1.82) is 0 Å². The van der Waals surface area contributed by atoms with Crippen LogP contribution in [0.2, 0.25) is 0 Å². The van der Waals surface area contributed by atoms with E-state index in [0.717, 1.165) is 5.56 Å². The van der Waals surface area contributed by atoms with Gasteiger partial charge in [0.25, 0.3) is 0 Å². The van der Waals surface area contributed by atoms with E-state index in [1.165, 1.54) is 0 Å². The summed E-state index contributed by atoms with van der Waals surface area (Å²) in [6.45, 7) is 6.55. The van der Waals surface area contributed by atoms with Crippen LogP contribution < -0.4 is 5.32 Å². The summed E-state index contributed by atoms with van der Waals surface area (Å²) in [5, 5.41) is 13.9. The van der Waals surface area contributed by atoms with Gasteiger partial charge in [0.05, 0.1) is 12.6 Å². The van der Waals surface area contributed by atoms with Crippen LogP contribution in [0.5, 0.6) is 0 Å². The number of nitrogens with one attached hydrogen (secondary N) is 1. The average molecular weight is 221 g/mol. The molecule has 1 aliphatic rings. The van der Waals surface area contributed by atoms with Crippen molar-refractivity contribution in [3.8, 4) is 0 Å². The molecule has 3 heteroatoms. The Morgan fingerprint density at radius 3 is 2.50 bits per heavy atom. The molecule has 1 aromatic carbocycles. The summed E-state index contributed by atoms with van der Waals surface area (Å²) >= 11 is 0. The molecule has 1 heterocycles. The molecular weight excluding hydrogens is 202 g/mol. The molecule has 0 amide bonds. The predicted molar refractivity (Wildman–Crippen MR) is 63.0 cm³/mol. The van der Waals surface area contributed by atoms with Crippen molar-refractivity contribution in [2.45, 2.75) is 38.1 Å². The van der Waals surface area contributed by atoms with Crippen LogP contribution in [0.3, 0.4) is 0 Å². The molecule has 0 aliphatic carbocycles. The van der Waals surface area contributed by atoms with Gasteiger partial charge < -0.3 is 15.2 Å². The van der Waals surface area contributed by atoms with Crippen LogP contribution in [-0.4, -0.2) is 23.3 Å². The summed E-state index contributed by atoms with van der Waals surface area (Å²) in [5.74, 6) is -1.23. The van der Waals surface area contributed by atoms with Crippen molar-refractivity contribution in [1.82, 2.24) is 5.32 Å². The molecule has 16 heavy (non-hydrogen) atoms. The molecule has 0 unspecified atom stereocenters. The quantitative estimate of drug-likeness (QED) is 0.757. The van der Waals surface area contributed by atoms with Crippen molar-refractivity contribution < 1.29 is 9.84 Å². The molecule has 0 radical (unpaired) electrons. The summed E-state index contributed by atoms with van der Waals surface area (Å²) in [6, 6.07) is 9.37. The molecular formula is C13H19NO2. The van der Waals surface area contributed by atoms with E-state index < -0.39 is 5.79 Å². The van der Waals surface area contributed by atoms with Gasteiger partial charge in [-0.05, 0) is 20.8 Å². The second kappa shape index (κ2) is 3.84. The van der Waals surface area contributed by atoms with Gasteiger partial charge in [-0.25, -0.2) is 0 Å². The number of hydrogen-bond donors (Lipinski definition) is 2. The molecule has 2 atom stereocenters. The van der Waals surface area contributed by atoms with Crippen LogP contribution >= 0.6 is 0 Å². The van der Waals surface area contributed by atoms with Crippen LogP contribution in [0.4, 0.5) is 0 Å². The lowest BCUT2D eigenvalue weighted by atomic mass is 9.93. The third-order valence-corrected chi connectivity index (χ3v) is 3.03. The first-order valence-electron chi connectivity index (χ1n) is 5.64. The lowest BCUT2D eigenvalue weighted by Gasteiger charge is -2.46. The first-order valence-corrected chi connectivity index (χ1v) is 5.64. The number of hydrogen-bond acceptors (Lipinski definition) is 3. The van der Waals surface area contributed by atoms with Gasteiger partial charge in [0.2, 0.25) is 5.79 Å². The molecule has 0 saturated carbocycles. The molecule has 0 bridgehead atoms. The highest BCUT2D eigenvalue weighted by Crippen LogP contribution is 2.32. The predicted octanol–water partition coefficient (Wildman–Crippen LogP) is 1.62. The third-order valence-electron chi connectivity index (χ3n) is 3.03. The van der Waals surface area contributed by atoms with E-state index in [1.54, 1.807) is 0 Å². The Hall–Kier alpha value is -0.900. The lowest BCUT2D eigenvalue weighted by Crippen LogP contribution is -2.63. The van der Waals surface area contributed by atoms with E-state index in [-0.39, 0.29) is 11.6 Å². The van der Waals surface area contributed by atoms with Gasteiger partial charge in [0, 0.05) is 11.1 Å². The SMILES string of the molecule is C[C@H]1NC(C)(C)CO[C@]1(O)c1ccccc1. The molecule has 2 N–H and O–H groups in total. The normalized spacial score (nSPS) is 33.6. The van der Waals surface area contributed by atoms with Crippen LogP contribution in [0.1, 0.15) is 26.3 Å². The van der Waals surface area contributed by atoms with E-state index in [9.17, 15) is 5.11 Å². The lowest BCUT2D eigenvalue weighted by molar-refractivity contribution is -0.263. The van der Waals surface area contributed by atoms with Gasteiger partial charge >= 0.3 is 0 Å². The van der Waals surface area contributed by atoms with E-state index in [2.05, 4.69) is 19.2 Å². The molecule has 1 saturated heterocycles. The van der Waals surface area contributed by atoms with Crippen molar-refractivity contribution in [3.63, 3.8) is 0 Å². The fraction of sp³-hybridized carbons (Fsp3) is 0.538. The Morgan fingerprint density at radius 2 is 1.94 bits per heavy atom. The van der Waals surface area contributed by atoms with E-state index >= 15 is 0 Å². The van der Waals surface area contributed by atoms with Gasteiger partial charge in [-0.2, -0.15) is 0 Å². The largest absolute Gasteiger partial charge is 0.361 e. The molecule has 3 nitrogen and oxygen atoms in total. The topological polar surface area (TPSA) is 41.5 Å². The molecule has 2 rings (SSSR count). The highest BCUT2D eigenvalue weighted by atomic mass is 16.6. The van der Waals surface area contributed by atoms with Crippen LogP contribution in [0.15, 0.2) is 30.3 Å². The molecule has 1 aromatic rings. The number of morpholine rings is 1. The Labute approximate surface area is 96.4 Å². The Bertz CT molecular complexity index is 363. The minimum Gasteiger partial charge on any atom is -0.361 e. The van der Waals surface area contributed by atoms with E-state index in [0.29, 0.717) is 6.61 Å². The number of aliphatic hydroxyl groups is 1. The Balaban J connectivity index is 2.27. The highest BCUT2D eigenvalue weighted by molar-refractivity contribution is 5.22. The first-order chi connectivity index (χ1) is 7.44. The van der Waals surface area contributed by atoms with Crippen molar-refractivity contribution in [2.75, 3.05) is 6.61 Å². The fourth-order valence-corrected chi connectivity index (χ4v) is 2.15. The van der Waals surface area contributed by atoms with Gasteiger partial charge in [0.15, 0.2) is 0 Å². The van der Waals surface area contributed by atoms with Gasteiger partial charge in [-0.1, -0.05) is 30.3 Å². The maximum absolute atomic E-state index is 10.6. The Morgan fingerprint density at radius 1 is 1.31 bits per heavy atom. The third kappa shape index (κ3) is 1.98. The molecule has 88 valence electrons. The van der Waals surface area contributed by atoms with Crippen molar-refractivity contribution in [3.05, 3.63) is 35.9 Å². The summed E-state index contributed by atoms with van der Waals surface area (Å²) in [7, 11) is 0. The zero-order chi connectivity index (χ0) is 11.8. The molecule has 1 aliphatic heterocycles. The van der Waals surface area contributed by atoms with Crippen molar-refractivity contribution in [2.24, 2.45) is 0 Å². The van der Waals surface area contributed by atoms with E-state index in [1.807, 2.05) is 37.3 Å². The fourth-order valence-electron chi connectivity index (χ4n) is 2.15. The highest BCUT2D eigenvalue weighted by Gasteiger charge is 2.44. The first kappa shape index (κ1) is 11.6. The molecule has 1 fully saturated rings. The summed E-state index contributed by atoms with van der Waals surface area (Å²) in [4.78, 5) is 0. The second-order valence-corrected chi connectivity index (χ2v) is 5.10. The number of ether oxygens (including phenoxy) is 1. The van der Waals surface area contributed by atoms with Crippen LogP contribution in [0.25, 0.3) is 0 Å². The van der Waals surface area contributed by atoms with Crippen molar-refractivity contribution >= 4 is 0 Å². The van der Waals surface area contributed by atoms with Gasteiger partial charge in [0.1, 0.15) is 0 Å². The summed E-state index contributed by atoms with van der Waals surface area (Å²) < 4.78 is 5.67. The van der Waals surface area contributed by atoms with E-state index in [4.69, 9.17) is 4.74 Å². The summed E-state index contributed by atoms with van der Waals surface area (Å²) in [6.07, 6.45) is 0. The second-order valence-electron chi connectivity index (χ2n) is 5.10. The standard InChI is InChI=1S/C13H19NO2/c1-10-13(15,11-7-5-4-6-8-11)16-9-12(2,3)14-10/h4-8,10,14-15H,9H2,1-3H3/t10-,13+/m1/s1. The van der Waals surface area contributed by atoms with Crippen LogP contribution in [-0.2, 0) is 10.5 Å². The maximum atomic E-state index is 10.6. The average Bonchev–Trinajstić information content (AvgIpc) is 2.25. The minimum atomic E-state index is -1.23. The Kier molecular flexibility index (Phi) is 2.78. The number of rotatable bonds is 1. The molecule has 0 spiro atoms. The number of benzene rings is 1. The zero-order valence-corrected chi connectivity index (χ0v) is 10.0. The van der Waals surface area contributed by atoms with Gasteiger partial charge in [-0.15, -0.1) is 0 Å².